The van der Waals surface area contributed by atoms with E-state index in [1.165, 1.54) is 18.2 Å². The van der Waals surface area contributed by atoms with Crippen LogP contribution in [0.5, 0.6) is 5.75 Å². The summed E-state index contributed by atoms with van der Waals surface area (Å²) in [6.45, 7) is 4.16. The summed E-state index contributed by atoms with van der Waals surface area (Å²) in [6, 6.07) is 9.94. The second kappa shape index (κ2) is 7.79. The van der Waals surface area contributed by atoms with Crippen LogP contribution in [0.15, 0.2) is 36.4 Å². The second-order valence-corrected chi connectivity index (χ2v) is 5.80. The van der Waals surface area contributed by atoms with Crippen LogP contribution in [-0.2, 0) is 4.79 Å². The van der Waals surface area contributed by atoms with Gasteiger partial charge in [-0.05, 0) is 49.2 Å². The van der Waals surface area contributed by atoms with E-state index in [-0.39, 0.29) is 29.6 Å². The summed E-state index contributed by atoms with van der Waals surface area (Å²) in [5, 5.41) is 13.4. The molecule has 0 aliphatic heterocycles. The molecule has 0 radical (unpaired) electrons. The van der Waals surface area contributed by atoms with Gasteiger partial charge in [0.2, 0.25) is 5.91 Å². The summed E-state index contributed by atoms with van der Waals surface area (Å²) >= 11 is 5.73. The van der Waals surface area contributed by atoms with Gasteiger partial charge in [-0.25, -0.2) is 0 Å². The Balaban J connectivity index is 1.89. The molecule has 0 aromatic heterocycles. The number of ether oxygens (including phenoxy) is 1. The third-order valence-electron chi connectivity index (χ3n) is 3.22. The molecular weight excluding hydrogens is 332 g/mol. The van der Waals surface area contributed by atoms with Crippen molar-refractivity contribution in [2.45, 2.75) is 20.3 Å². The summed E-state index contributed by atoms with van der Waals surface area (Å²) in [4.78, 5) is 22.1. The Labute approximate surface area is 144 Å². The van der Waals surface area contributed by atoms with E-state index in [1.807, 2.05) is 32.0 Å². The number of aryl methyl sites for hydroxylation is 2. The van der Waals surface area contributed by atoms with Gasteiger partial charge in [-0.1, -0.05) is 17.7 Å². The first kappa shape index (κ1) is 17.7. The van der Waals surface area contributed by atoms with Gasteiger partial charge in [0.05, 0.1) is 18.0 Å². The summed E-state index contributed by atoms with van der Waals surface area (Å²) in [6.07, 6.45) is 0.128. The quantitative estimate of drug-likeness (QED) is 0.624. The average Bonchev–Trinajstić information content (AvgIpc) is 2.48. The number of carbonyl (C=O) groups excluding carboxylic acids is 1. The molecular formula is C17H17ClN2O4. The summed E-state index contributed by atoms with van der Waals surface area (Å²) in [5.74, 6) is 0.415. The minimum atomic E-state index is -0.596. The summed E-state index contributed by atoms with van der Waals surface area (Å²) in [7, 11) is 0. The number of nitro benzene ring substituents is 1. The third kappa shape index (κ3) is 4.96. The van der Waals surface area contributed by atoms with Gasteiger partial charge in [0, 0.05) is 11.8 Å². The molecule has 1 amide bonds. The van der Waals surface area contributed by atoms with E-state index in [0.717, 1.165) is 11.1 Å². The highest BCUT2D eigenvalue weighted by Gasteiger charge is 2.14. The predicted octanol–water partition coefficient (Wildman–Crippen LogP) is 4.27. The maximum atomic E-state index is 11.9. The monoisotopic (exact) mass is 348 g/mol. The Morgan fingerprint density at radius 3 is 2.50 bits per heavy atom. The van der Waals surface area contributed by atoms with Crippen molar-refractivity contribution in [3.05, 3.63) is 62.7 Å². The number of nitro groups is 1. The fourth-order valence-corrected chi connectivity index (χ4v) is 2.42. The van der Waals surface area contributed by atoms with Gasteiger partial charge in [-0.2, -0.15) is 0 Å². The number of carbonyl (C=O) groups is 1. The first-order valence-electron chi connectivity index (χ1n) is 7.30. The maximum absolute atomic E-state index is 11.9. The first-order chi connectivity index (χ1) is 11.3. The van der Waals surface area contributed by atoms with Crippen LogP contribution in [-0.4, -0.2) is 17.4 Å². The van der Waals surface area contributed by atoms with E-state index >= 15 is 0 Å². The zero-order valence-corrected chi connectivity index (χ0v) is 14.1. The maximum Gasteiger partial charge on any atom is 0.289 e. The summed E-state index contributed by atoms with van der Waals surface area (Å²) in [5.41, 5.74) is 2.24. The highest BCUT2D eigenvalue weighted by atomic mass is 35.5. The molecule has 0 saturated heterocycles. The Hall–Kier alpha value is -2.60. The third-order valence-corrected chi connectivity index (χ3v) is 3.54. The van der Waals surface area contributed by atoms with Crippen LogP contribution in [0, 0.1) is 24.0 Å². The van der Waals surface area contributed by atoms with Crippen LogP contribution < -0.4 is 10.1 Å². The highest BCUT2D eigenvalue weighted by molar-refractivity contribution is 6.32. The molecule has 0 aliphatic rings. The normalized spacial score (nSPS) is 10.3. The van der Waals surface area contributed by atoms with Gasteiger partial charge in [0.15, 0.2) is 0 Å². The molecule has 0 aliphatic carbocycles. The van der Waals surface area contributed by atoms with Crippen molar-refractivity contribution >= 4 is 28.9 Å². The molecule has 2 aromatic rings. The van der Waals surface area contributed by atoms with Crippen LogP contribution in [0.2, 0.25) is 5.02 Å². The molecule has 0 bridgehead atoms. The molecule has 1 N–H and O–H groups in total. The summed E-state index contributed by atoms with van der Waals surface area (Å²) < 4.78 is 5.57. The van der Waals surface area contributed by atoms with Gasteiger partial charge in [-0.3, -0.25) is 14.9 Å². The van der Waals surface area contributed by atoms with E-state index in [2.05, 4.69) is 5.32 Å². The number of rotatable bonds is 6. The second-order valence-electron chi connectivity index (χ2n) is 5.39. The van der Waals surface area contributed by atoms with Gasteiger partial charge >= 0.3 is 0 Å². The standard InChI is InChI=1S/C17H17ClN2O4/c1-11-7-12(2)9-14(8-11)24-6-5-17(21)19-13-3-4-15(18)16(10-13)20(22)23/h3-4,7-10H,5-6H2,1-2H3,(H,19,21). The Morgan fingerprint density at radius 1 is 1.21 bits per heavy atom. The minimum absolute atomic E-state index is 0.0242. The van der Waals surface area contributed by atoms with Crippen molar-refractivity contribution in [2.75, 3.05) is 11.9 Å². The van der Waals surface area contributed by atoms with E-state index in [4.69, 9.17) is 16.3 Å². The average molecular weight is 349 g/mol. The number of halogens is 1. The van der Waals surface area contributed by atoms with E-state index in [0.29, 0.717) is 11.4 Å². The van der Waals surface area contributed by atoms with Gasteiger partial charge < -0.3 is 10.1 Å². The van der Waals surface area contributed by atoms with Crippen LogP contribution in [0.3, 0.4) is 0 Å². The molecule has 24 heavy (non-hydrogen) atoms. The van der Waals surface area contributed by atoms with Crippen molar-refractivity contribution in [1.82, 2.24) is 0 Å². The Bertz CT molecular complexity index is 757. The number of amides is 1. The van der Waals surface area contributed by atoms with Crippen molar-refractivity contribution < 1.29 is 14.5 Å². The van der Waals surface area contributed by atoms with Crippen LogP contribution in [0.25, 0.3) is 0 Å². The number of anilines is 1. The molecule has 2 rings (SSSR count). The zero-order valence-electron chi connectivity index (χ0n) is 13.3. The van der Waals surface area contributed by atoms with Crippen molar-refractivity contribution in [3.63, 3.8) is 0 Å². The predicted molar refractivity (Wildman–Crippen MR) is 92.8 cm³/mol. The molecule has 0 heterocycles. The van der Waals surface area contributed by atoms with Crippen molar-refractivity contribution in [1.29, 1.82) is 0 Å². The van der Waals surface area contributed by atoms with E-state index in [1.54, 1.807) is 0 Å². The lowest BCUT2D eigenvalue weighted by atomic mass is 10.1. The lowest BCUT2D eigenvalue weighted by molar-refractivity contribution is -0.384. The van der Waals surface area contributed by atoms with Crippen molar-refractivity contribution in [3.8, 4) is 5.75 Å². The lowest BCUT2D eigenvalue weighted by Gasteiger charge is -2.09. The molecule has 2 aromatic carbocycles. The minimum Gasteiger partial charge on any atom is -0.493 e. The number of nitrogens with one attached hydrogen (secondary N) is 1. The van der Waals surface area contributed by atoms with Gasteiger partial charge in [0.1, 0.15) is 10.8 Å². The molecule has 0 fully saturated rings. The van der Waals surface area contributed by atoms with Crippen molar-refractivity contribution in [2.24, 2.45) is 0 Å². The zero-order chi connectivity index (χ0) is 17.7. The fourth-order valence-electron chi connectivity index (χ4n) is 2.23. The van der Waals surface area contributed by atoms with Crippen LogP contribution in [0.1, 0.15) is 17.5 Å². The van der Waals surface area contributed by atoms with Crippen LogP contribution in [0.4, 0.5) is 11.4 Å². The largest absolute Gasteiger partial charge is 0.493 e. The molecule has 126 valence electrons. The van der Waals surface area contributed by atoms with Gasteiger partial charge in [0.25, 0.3) is 5.69 Å². The van der Waals surface area contributed by atoms with E-state index in [9.17, 15) is 14.9 Å². The Kier molecular flexibility index (Phi) is 5.76. The highest BCUT2D eigenvalue weighted by Crippen LogP contribution is 2.27. The van der Waals surface area contributed by atoms with Gasteiger partial charge in [-0.15, -0.1) is 0 Å². The number of nitrogens with zero attached hydrogens (tertiary/aromatic N) is 1. The molecule has 0 spiro atoms. The SMILES string of the molecule is Cc1cc(C)cc(OCCC(=O)Nc2ccc(Cl)c([N+](=O)[O-])c2)c1. The molecule has 0 atom stereocenters. The Morgan fingerprint density at radius 2 is 1.88 bits per heavy atom. The fraction of sp³-hybridized carbons (Fsp3) is 0.235. The molecule has 0 saturated carbocycles. The van der Waals surface area contributed by atoms with E-state index < -0.39 is 4.92 Å². The molecule has 0 unspecified atom stereocenters. The topological polar surface area (TPSA) is 81.5 Å². The number of hydrogen-bond acceptors (Lipinski definition) is 4. The first-order valence-corrected chi connectivity index (χ1v) is 7.68. The number of hydrogen-bond donors (Lipinski definition) is 1. The van der Waals surface area contributed by atoms with Crippen LogP contribution >= 0.6 is 11.6 Å². The smallest absolute Gasteiger partial charge is 0.289 e. The molecule has 7 heteroatoms. The molecule has 6 nitrogen and oxygen atoms in total. The lowest BCUT2D eigenvalue weighted by Crippen LogP contribution is -2.15. The number of benzene rings is 2.